The van der Waals surface area contributed by atoms with E-state index in [0.29, 0.717) is 6.04 Å². The van der Waals surface area contributed by atoms with Crippen LogP contribution in [0.3, 0.4) is 0 Å². The molecule has 1 aliphatic heterocycles. The number of rotatable bonds is 0. The summed E-state index contributed by atoms with van der Waals surface area (Å²) in [4.78, 5) is 0. The normalized spacial score (nSPS) is 28.4. The summed E-state index contributed by atoms with van der Waals surface area (Å²) in [6.45, 7) is 3.17. The molecule has 7 heavy (non-hydrogen) atoms. The number of nitrogens with one attached hydrogen (secondary N) is 2. The van der Waals surface area contributed by atoms with Gasteiger partial charge in [-0.25, -0.2) is 0 Å². The van der Waals surface area contributed by atoms with Gasteiger partial charge in [0.25, 0.3) is 0 Å². The van der Waals surface area contributed by atoms with Gasteiger partial charge in [0, 0.05) is 25.0 Å². The fourth-order valence-corrected chi connectivity index (χ4v) is 0.575. The van der Waals surface area contributed by atoms with Gasteiger partial charge in [-0.15, -0.1) is 0 Å². The van der Waals surface area contributed by atoms with Crippen LogP contribution in [-0.2, 0) is 0 Å². The summed E-state index contributed by atoms with van der Waals surface area (Å²) >= 11 is 0. The predicted molar refractivity (Wildman–Crippen MR) is 29.7 cm³/mol. The Kier molecular flexibility index (Phi) is 1.20. The van der Waals surface area contributed by atoms with E-state index >= 15 is 0 Å². The second-order valence-corrected chi connectivity index (χ2v) is 1.81. The average molecular weight is 98.1 g/mol. The molecule has 0 amide bonds. The Bertz CT molecular complexity index is 78.1. The second kappa shape index (κ2) is 1.87. The van der Waals surface area contributed by atoms with E-state index in [1.54, 1.807) is 0 Å². The van der Waals surface area contributed by atoms with E-state index in [1.165, 1.54) is 0 Å². The summed E-state index contributed by atoms with van der Waals surface area (Å²) in [7, 11) is 0. The molecular formula is C5H10N2. The Morgan fingerprint density at radius 3 is 2.71 bits per heavy atom. The van der Waals surface area contributed by atoms with Crippen LogP contribution in [0.2, 0.25) is 0 Å². The van der Waals surface area contributed by atoms with Crippen LogP contribution >= 0.6 is 0 Å². The molecular weight excluding hydrogens is 88.1 g/mol. The molecule has 0 aromatic heterocycles. The molecule has 1 atom stereocenters. The highest BCUT2D eigenvalue weighted by Gasteiger charge is 1.97. The van der Waals surface area contributed by atoms with Crippen LogP contribution in [0, 0.1) is 0 Å². The molecule has 0 aromatic rings. The van der Waals surface area contributed by atoms with Crippen LogP contribution < -0.4 is 10.6 Å². The Hall–Kier alpha value is -0.660. The molecule has 0 saturated carbocycles. The molecule has 40 valence electrons. The molecule has 0 spiro atoms. The zero-order chi connectivity index (χ0) is 5.11. The lowest BCUT2D eigenvalue weighted by Gasteiger charge is -2.15. The molecule has 2 heteroatoms. The molecule has 0 radical (unpaired) electrons. The van der Waals surface area contributed by atoms with Crippen molar-refractivity contribution < 1.29 is 0 Å². The molecule has 1 aliphatic rings. The Morgan fingerprint density at radius 2 is 2.43 bits per heavy atom. The maximum Gasteiger partial charge on any atom is 0.0400 e. The van der Waals surface area contributed by atoms with E-state index < -0.39 is 0 Å². The summed E-state index contributed by atoms with van der Waals surface area (Å²) in [5.74, 6) is 0. The first-order chi connectivity index (χ1) is 3.39. The van der Waals surface area contributed by atoms with E-state index in [-0.39, 0.29) is 0 Å². The largest absolute Gasteiger partial charge is 0.388 e. The van der Waals surface area contributed by atoms with Crippen LogP contribution in [0.1, 0.15) is 6.92 Å². The van der Waals surface area contributed by atoms with Gasteiger partial charge in [-0.2, -0.15) is 0 Å². The molecule has 0 fully saturated rings. The molecule has 0 aliphatic carbocycles. The van der Waals surface area contributed by atoms with Crippen LogP contribution in [-0.4, -0.2) is 12.6 Å². The zero-order valence-corrected chi connectivity index (χ0v) is 4.44. The lowest BCUT2D eigenvalue weighted by molar-refractivity contribution is 0.578. The summed E-state index contributed by atoms with van der Waals surface area (Å²) in [5, 5.41) is 6.23. The van der Waals surface area contributed by atoms with Gasteiger partial charge in [0.05, 0.1) is 0 Å². The van der Waals surface area contributed by atoms with Crippen LogP contribution in [0.15, 0.2) is 12.4 Å². The molecule has 2 N–H and O–H groups in total. The first-order valence-electron chi connectivity index (χ1n) is 2.54. The summed E-state index contributed by atoms with van der Waals surface area (Å²) in [6, 6.07) is 0.588. The minimum atomic E-state index is 0.588. The van der Waals surface area contributed by atoms with Crippen molar-refractivity contribution in [3.63, 3.8) is 0 Å². The molecule has 0 aromatic carbocycles. The summed E-state index contributed by atoms with van der Waals surface area (Å²) in [6.07, 6.45) is 3.84. The first-order valence-corrected chi connectivity index (χ1v) is 2.54. The molecule has 2 nitrogen and oxygen atoms in total. The van der Waals surface area contributed by atoms with Gasteiger partial charge in [-0.05, 0) is 6.92 Å². The highest BCUT2D eigenvalue weighted by Crippen LogP contribution is 1.82. The fraction of sp³-hybridized carbons (Fsp3) is 0.600. The van der Waals surface area contributed by atoms with Crippen molar-refractivity contribution in [1.82, 2.24) is 10.6 Å². The van der Waals surface area contributed by atoms with Gasteiger partial charge in [0.2, 0.25) is 0 Å². The third-order valence-corrected chi connectivity index (χ3v) is 1.01. The first kappa shape index (κ1) is 4.50. The van der Waals surface area contributed by atoms with Crippen molar-refractivity contribution in [2.45, 2.75) is 13.0 Å². The van der Waals surface area contributed by atoms with Crippen molar-refractivity contribution in [3.05, 3.63) is 12.4 Å². The zero-order valence-electron chi connectivity index (χ0n) is 4.44. The number of hydrogen-bond acceptors (Lipinski definition) is 2. The van der Waals surface area contributed by atoms with E-state index in [1.807, 2.05) is 12.4 Å². The van der Waals surface area contributed by atoms with E-state index in [4.69, 9.17) is 0 Å². The monoisotopic (exact) mass is 98.1 g/mol. The van der Waals surface area contributed by atoms with Gasteiger partial charge in [0.1, 0.15) is 0 Å². The van der Waals surface area contributed by atoms with Crippen molar-refractivity contribution in [2.24, 2.45) is 0 Å². The topological polar surface area (TPSA) is 24.1 Å². The Balaban J connectivity index is 2.32. The average Bonchev–Trinajstić information content (AvgIpc) is 1.69. The summed E-state index contributed by atoms with van der Waals surface area (Å²) < 4.78 is 0. The standard InChI is InChI=1S/C5H10N2/c1-5-4-6-2-3-7-5/h2-3,5-7H,4H2,1H3. The van der Waals surface area contributed by atoms with Crippen LogP contribution in [0.4, 0.5) is 0 Å². The van der Waals surface area contributed by atoms with Gasteiger partial charge in [0.15, 0.2) is 0 Å². The summed E-state index contributed by atoms with van der Waals surface area (Å²) in [5.41, 5.74) is 0. The quantitative estimate of drug-likeness (QED) is 0.447. The Morgan fingerprint density at radius 1 is 1.57 bits per heavy atom. The minimum absolute atomic E-state index is 0.588. The maximum absolute atomic E-state index is 3.14. The number of hydrogen-bond donors (Lipinski definition) is 2. The predicted octanol–water partition coefficient (Wildman–Crippen LogP) is 0.0389. The van der Waals surface area contributed by atoms with Gasteiger partial charge < -0.3 is 10.6 Å². The van der Waals surface area contributed by atoms with Gasteiger partial charge in [-0.3, -0.25) is 0 Å². The van der Waals surface area contributed by atoms with Gasteiger partial charge >= 0.3 is 0 Å². The smallest absolute Gasteiger partial charge is 0.0400 e. The molecule has 1 rings (SSSR count). The van der Waals surface area contributed by atoms with Crippen LogP contribution in [0.5, 0.6) is 0 Å². The molecule has 1 heterocycles. The molecule has 0 bridgehead atoms. The third kappa shape index (κ3) is 1.11. The van der Waals surface area contributed by atoms with Crippen LogP contribution in [0.25, 0.3) is 0 Å². The van der Waals surface area contributed by atoms with Crippen molar-refractivity contribution in [3.8, 4) is 0 Å². The minimum Gasteiger partial charge on any atom is -0.388 e. The Labute approximate surface area is 43.6 Å². The molecule has 1 unspecified atom stereocenters. The highest BCUT2D eigenvalue weighted by molar-refractivity contribution is 4.86. The van der Waals surface area contributed by atoms with E-state index in [9.17, 15) is 0 Å². The molecule has 0 saturated heterocycles. The SMILES string of the molecule is CC1CNC=CN1. The highest BCUT2D eigenvalue weighted by atomic mass is 15.0. The van der Waals surface area contributed by atoms with Crippen molar-refractivity contribution in [2.75, 3.05) is 6.54 Å². The van der Waals surface area contributed by atoms with Crippen molar-refractivity contribution >= 4 is 0 Å². The lowest BCUT2D eigenvalue weighted by atomic mass is 10.3. The second-order valence-electron chi connectivity index (χ2n) is 1.81. The lowest BCUT2D eigenvalue weighted by Crippen LogP contribution is -2.35. The van der Waals surface area contributed by atoms with E-state index in [0.717, 1.165) is 6.54 Å². The third-order valence-electron chi connectivity index (χ3n) is 1.01. The van der Waals surface area contributed by atoms with Gasteiger partial charge in [-0.1, -0.05) is 0 Å². The van der Waals surface area contributed by atoms with Crippen molar-refractivity contribution in [1.29, 1.82) is 0 Å². The fourth-order valence-electron chi connectivity index (χ4n) is 0.575. The maximum atomic E-state index is 3.14. The van der Waals surface area contributed by atoms with E-state index in [2.05, 4.69) is 17.6 Å².